The number of nitrogens with one attached hydrogen (secondary N) is 1. The molecule has 4 nitrogen and oxygen atoms in total. The fraction of sp³-hybridized carbons (Fsp3) is 0.714. The second-order valence-electron chi connectivity index (χ2n) is 2.56. The summed E-state index contributed by atoms with van der Waals surface area (Å²) in [5.41, 5.74) is -0.889. The van der Waals surface area contributed by atoms with E-state index in [0.717, 1.165) is 6.54 Å². The summed E-state index contributed by atoms with van der Waals surface area (Å²) in [6.07, 6.45) is 2.12. The van der Waals surface area contributed by atoms with E-state index in [2.05, 4.69) is 17.1 Å². The molecule has 1 rings (SSSR count). The van der Waals surface area contributed by atoms with Crippen LogP contribution in [0.25, 0.3) is 0 Å². The van der Waals surface area contributed by atoms with Crippen LogP contribution in [0.3, 0.4) is 0 Å². The Bertz CT molecular complexity index is 153. The van der Waals surface area contributed by atoms with Crippen LogP contribution in [-0.4, -0.2) is 25.4 Å². The van der Waals surface area contributed by atoms with Crippen molar-refractivity contribution in [2.24, 2.45) is 5.18 Å². The first-order chi connectivity index (χ1) is 5.33. The molecule has 1 saturated heterocycles. The minimum absolute atomic E-state index is 0.476. The molecule has 0 aliphatic carbocycles. The summed E-state index contributed by atoms with van der Waals surface area (Å²) in [5, 5.41) is 6.01. The van der Waals surface area contributed by atoms with E-state index in [4.69, 9.17) is 4.74 Å². The van der Waals surface area contributed by atoms with Gasteiger partial charge in [0.25, 0.3) is 0 Å². The fourth-order valence-electron chi connectivity index (χ4n) is 1.10. The van der Waals surface area contributed by atoms with Crippen LogP contribution in [0.4, 0.5) is 0 Å². The van der Waals surface area contributed by atoms with Gasteiger partial charge in [0.15, 0.2) is 0 Å². The third-order valence-corrected chi connectivity index (χ3v) is 1.68. The van der Waals surface area contributed by atoms with Gasteiger partial charge in [-0.05, 0) is 5.18 Å². The molecule has 0 spiro atoms. The molecular formula is C7H12N2O2. The lowest BCUT2D eigenvalue weighted by molar-refractivity contribution is -0.0582. The molecule has 0 aromatic rings. The zero-order valence-corrected chi connectivity index (χ0v) is 6.38. The largest absolute Gasteiger partial charge is 0.348 e. The molecule has 1 N–H and O–H groups in total. The van der Waals surface area contributed by atoms with Gasteiger partial charge in [-0.2, -0.15) is 0 Å². The van der Waals surface area contributed by atoms with Crippen LogP contribution in [-0.2, 0) is 4.74 Å². The number of hydrogen-bond donors (Lipinski definition) is 1. The number of rotatable bonds is 3. The normalized spacial score (nSPS) is 31.3. The van der Waals surface area contributed by atoms with Crippen LogP contribution in [0.5, 0.6) is 0 Å². The van der Waals surface area contributed by atoms with Gasteiger partial charge in [0.2, 0.25) is 5.72 Å². The number of nitroso groups, excluding NO2 is 1. The van der Waals surface area contributed by atoms with Gasteiger partial charge >= 0.3 is 0 Å². The molecule has 1 aliphatic heterocycles. The molecule has 0 saturated carbocycles. The third kappa shape index (κ3) is 1.85. The Morgan fingerprint density at radius 1 is 1.82 bits per heavy atom. The molecule has 0 aromatic carbocycles. The van der Waals surface area contributed by atoms with Crippen LogP contribution in [0.1, 0.15) is 6.42 Å². The summed E-state index contributed by atoms with van der Waals surface area (Å²) in [6.45, 7) is 5.36. The van der Waals surface area contributed by atoms with E-state index in [1.807, 2.05) is 0 Å². The fourth-order valence-corrected chi connectivity index (χ4v) is 1.10. The van der Waals surface area contributed by atoms with Crippen molar-refractivity contribution in [3.63, 3.8) is 0 Å². The molecule has 0 radical (unpaired) electrons. The molecule has 1 heterocycles. The third-order valence-electron chi connectivity index (χ3n) is 1.68. The quantitative estimate of drug-likeness (QED) is 0.482. The van der Waals surface area contributed by atoms with Gasteiger partial charge in [-0.15, -0.1) is 11.5 Å². The van der Waals surface area contributed by atoms with Gasteiger partial charge in [0.05, 0.1) is 6.61 Å². The monoisotopic (exact) mass is 156 g/mol. The van der Waals surface area contributed by atoms with Crippen LogP contribution >= 0.6 is 0 Å². The smallest absolute Gasteiger partial charge is 0.216 e. The van der Waals surface area contributed by atoms with Crippen molar-refractivity contribution in [2.45, 2.75) is 12.1 Å². The molecule has 11 heavy (non-hydrogen) atoms. The Labute approximate surface area is 65.6 Å². The van der Waals surface area contributed by atoms with E-state index in [1.165, 1.54) is 0 Å². The number of nitrogens with zero attached hydrogens (tertiary/aromatic N) is 1. The maximum atomic E-state index is 10.4. The topological polar surface area (TPSA) is 50.7 Å². The van der Waals surface area contributed by atoms with E-state index in [9.17, 15) is 4.91 Å². The van der Waals surface area contributed by atoms with E-state index >= 15 is 0 Å². The predicted molar refractivity (Wildman–Crippen MR) is 42.2 cm³/mol. The van der Waals surface area contributed by atoms with Crippen molar-refractivity contribution >= 4 is 0 Å². The highest BCUT2D eigenvalue weighted by Crippen LogP contribution is 2.19. The minimum Gasteiger partial charge on any atom is -0.348 e. The Morgan fingerprint density at radius 2 is 2.64 bits per heavy atom. The molecule has 1 aliphatic rings. The Morgan fingerprint density at radius 3 is 3.09 bits per heavy atom. The van der Waals surface area contributed by atoms with Crippen LogP contribution in [0.15, 0.2) is 17.8 Å². The summed E-state index contributed by atoms with van der Waals surface area (Å²) in [4.78, 5) is 10.4. The zero-order chi connectivity index (χ0) is 8.16. The van der Waals surface area contributed by atoms with E-state index in [1.54, 1.807) is 6.08 Å². The molecule has 0 aromatic heterocycles. The van der Waals surface area contributed by atoms with Crippen molar-refractivity contribution < 1.29 is 4.74 Å². The lowest BCUT2D eigenvalue weighted by Gasteiger charge is -2.29. The first-order valence-electron chi connectivity index (χ1n) is 3.63. The summed E-state index contributed by atoms with van der Waals surface area (Å²) in [7, 11) is 0. The molecule has 1 atom stereocenters. The van der Waals surface area contributed by atoms with E-state index in [-0.39, 0.29) is 0 Å². The second kappa shape index (κ2) is 3.59. The first kappa shape index (κ1) is 8.36. The Kier molecular flexibility index (Phi) is 2.73. The molecule has 0 bridgehead atoms. The van der Waals surface area contributed by atoms with E-state index in [0.29, 0.717) is 19.6 Å². The van der Waals surface area contributed by atoms with Gasteiger partial charge in [-0.25, -0.2) is 0 Å². The van der Waals surface area contributed by atoms with Gasteiger partial charge < -0.3 is 10.1 Å². The van der Waals surface area contributed by atoms with Crippen molar-refractivity contribution in [3.8, 4) is 0 Å². The van der Waals surface area contributed by atoms with Gasteiger partial charge in [-0.3, -0.25) is 0 Å². The summed E-state index contributed by atoms with van der Waals surface area (Å²) >= 11 is 0. The Hall–Kier alpha value is -0.740. The van der Waals surface area contributed by atoms with Crippen molar-refractivity contribution in [3.05, 3.63) is 17.6 Å². The van der Waals surface area contributed by atoms with Crippen molar-refractivity contribution in [2.75, 3.05) is 19.7 Å². The molecule has 1 fully saturated rings. The highest BCUT2D eigenvalue weighted by atomic mass is 16.5. The van der Waals surface area contributed by atoms with Gasteiger partial charge in [-0.1, -0.05) is 6.08 Å². The average molecular weight is 156 g/mol. The molecular weight excluding hydrogens is 144 g/mol. The summed E-state index contributed by atoms with van der Waals surface area (Å²) in [6, 6.07) is 0. The minimum atomic E-state index is -0.889. The highest BCUT2D eigenvalue weighted by molar-refractivity contribution is 4.89. The maximum absolute atomic E-state index is 10.4. The maximum Gasteiger partial charge on any atom is 0.216 e. The lowest BCUT2D eigenvalue weighted by Crippen LogP contribution is -2.47. The van der Waals surface area contributed by atoms with Crippen LogP contribution < -0.4 is 5.32 Å². The standard InChI is InChI=1S/C7H12N2O2/c1-2-3-7(9-10)6-8-4-5-11-7/h2,8H,1,3-6H2. The van der Waals surface area contributed by atoms with E-state index < -0.39 is 5.72 Å². The second-order valence-corrected chi connectivity index (χ2v) is 2.56. The SMILES string of the molecule is C=CCC1(N=O)CNCCO1. The molecule has 4 heteroatoms. The summed E-state index contributed by atoms with van der Waals surface area (Å²) in [5.74, 6) is 0. The van der Waals surface area contributed by atoms with Gasteiger partial charge in [0.1, 0.15) is 0 Å². The van der Waals surface area contributed by atoms with Crippen LogP contribution in [0, 0.1) is 4.91 Å². The first-order valence-corrected chi connectivity index (χ1v) is 3.63. The zero-order valence-electron chi connectivity index (χ0n) is 6.38. The summed E-state index contributed by atoms with van der Waals surface area (Å²) < 4.78 is 5.24. The van der Waals surface area contributed by atoms with Crippen molar-refractivity contribution in [1.82, 2.24) is 5.32 Å². The lowest BCUT2D eigenvalue weighted by atomic mass is 10.1. The number of morpholine rings is 1. The van der Waals surface area contributed by atoms with Gasteiger partial charge in [0, 0.05) is 19.5 Å². The number of ether oxygens (including phenoxy) is 1. The highest BCUT2D eigenvalue weighted by Gasteiger charge is 2.33. The average Bonchev–Trinajstić information content (AvgIpc) is 2.07. The molecule has 62 valence electrons. The van der Waals surface area contributed by atoms with Crippen LogP contribution in [0.2, 0.25) is 0 Å². The molecule has 0 amide bonds. The molecule has 1 unspecified atom stereocenters. The van der Waals surface area contributed by atoms with Crippen molar-refractivity contribution in [1.29, 1.82) is 0 Å². The number of hydrogen-bond acceptors (Lipinski definition) is 4. The predicted octanol–water partition coefficient (Wildman–Crippen LogP) is 0.645. The Balaban J connectivity index is 2.56.